The van der Waals surface area contributed by atoms with Crippen LogP contribution in [0.4, 0.5) is 0 Å². The summed E-state index contributed by atoms with van der Waals surface area (Å²) in [5.74, 6) is 0.591. The van der Waals surface area contributed by atoms with Gasteiger partial charge in [-0.15, -0.1) is 11.3 Å². The molecule has 0 bridgehead atoms. The van der Waals surface area contributed by atoms with Gasteiger partial charge in [-0.25, -0.2) is 0 Å². The Morgan fingerprint density at radius 1 is 1.21 bits per heavy atom. The van der Waals surface area contributed by atoms with Gasteiger partial charge in [0.05, 0.1) is 0 Å². The van der Waals surface area contributed by atoms with Gasteiger partial charge in [-0.2, -0.15) is 0 Å². The number of aromatic nitrogens is 1. The Balaban J connectivity index is 1.50. The lowest BCUT2D eigenvalue weighted by Gasteiger charge is -2.10. The maximum Gasteiger partial charge on any atom is 0.274 e. The lowest BCUT2D eigenvalue weighted by molar-refractivity contribution is 0.0941. The fourth-order valence-electron chi connectivity index (χ4n) is 3.07. The molecule has 0 spiro atoms. The number of fused-ring (bicyclic) bond motifs is 3. The summed E-state index contributed by atoms with van der Waals surface area (Å²) in [5, 5.41) is 9.04. The highest BCUT2D eigenvalue weighted by Gasteiger charge is 2.28. The van der Waals surface area contributed by atoms with E-state index in [2.05, 4.69) is 47.0 Å². The Morgan fingerprint density at radius 3 is 2.79 bits per heavy atom. The molecule has 1 amide bonds. The first-order valence-corrected chi connectivity index (χ1v) is 9.05. The van der Waals surface area contributed by atoms with E-state index in [0.717, 1.165) is 41.7 Å². The number of rotatable bonds is 4. The zero-order chi connectivity index (χ0) is 16.5. The van der Waals surface area contributed by atoms with Crippen molar-refractivity contribution in [3.8, 4) is 11.3 Å². The third-order valence-corrected chi connectivity index (χ3v) is 5.46. The molecule has 2 heterocycles. The number of hydrogen-bond donors (Lipinski definition) is 1. The van der Waals surface area contributed by atoms with E-state index >= 15 is 0 Å². The van der Waals surface area contributed by atoms with Crippen LogP contribution in [-0.4, -0.2) is 11.1 Å². The van der Waals surface area contributed by atoms with Gasteiger partial charge in [0, 0.05) is 22.5 Å². The fourth-order valence-corrected chi connectivity index (χ4v) is 3.94. The first kappa shape index (κ1) is 15.1. The van der Waals surface area contributed by atoms with E-state index in [1.165, 1.54) is 10.4 Å². The zero-order valence-corrected chi connectivity index (χ0v) is 14.3. The standard InChI is InChI=1S/C19H18N2O2S/c1-2-12-3-5-13(6-4-12)11-20-19(22)17-15-7-8-16-14(9-10-24-16)18(15)23-21-17/h3-6,9-10H,2,7-8,11H2,1H3,(H,20,22). The van der Waals surface area contributed by atoms with E-state index in [1.807, 2.05) is 6.07 Å². The molecule has 0 atom stereocenters. The molecule has 0 radical (unpaired) electrons. The molecule has 0 aliphatic heterocycles. The highest BCUT2D eigenvalue weighted by Crippen LogP contribution is 2.37. The minimum Gasteiger partial charge on any atom is -0.355 e. The topological polar surface area (TPSA) is 55.1 Å². The highest BCUT2D eigenvalue weighted by molar-refractivity contribution is 7.10. The number of nitrogens with zero attached hydrogens (tertiary/aromatic N) is 1. The van der Waals surface area contributed by atoms with E-state index in [1.54, 1.807) is 11.3 Å². The number of aryl methyl sites for hydroxylation is 2. The van der Waals surface area contributed by atoms with E-state index in [4.69, 9.17) is 4.52 Å². The molecule has 24 heavy (non-hydrogen) atoms. The average Bonchev–Trinajstić information content (AvgIpc) is 3.25. The van der Waals surface area contributed by atoms with Gasteiger partial charge in [-0.05, 0) is 41.8 Å². The Morgan fingerprint density at radius 2 is 2.00 bits per heavy atom. The number of amides is 1. The van der Waals surface area contributed by atoms with Crippen molar-refractivity contribution in [3.05, 3.63) is 63.0 Å². The molecule has 4 rings (SSSR count). The minimum absolute atomic E-state index is 0.168. The second kappa shape index (κ2) is 6.24. The van der Waals surface area contributed by atoms with Crippen molar-refractivity contribution in [2.24, 2.45) is 0 Å². The van der Waals surface area contributed by atoms with Gasteiger partial charge in [0.15, 0.2) is 11.5 Å². The van der Waals surface area contributed by atoms with Crippen LogP contribution in [0.1, 0.15) is 39.0 Å². The van der Waals surface area contributed by atoms with Gasteiger partial charge in [-0.1, -0.05) is 36.3 Å². The lowest BCUT2D eigenvalue weighted by Crippen LogP contribution is -2.24. The minimum atomic E-state index is -0.168. The Hall–Kier alpha value is -2.40. The van der Waals surface area contributed by atoms with Crippen LogP contribution in [0, 0.1) is 0 Å². The zero-order valence-electron chi connectivity index (χ0n) is 13.5. The van der Waals surface area contributed by atoms with Crippen LogP contribution in [0.25, 0.3) is 11.3 Å². The average molecular weight is 338 g/mol. The van der Waals surface area contributed by atoms with Crippen molar-refractivity contribution in [3.63, 3.8) is 0 Å². The number of carbonyl (C=O) groups excluding carboxylic acids is 1. The molecule has 3 aromatic rings. The van der Waals surface area contributed by atoms with Crippen LogP contribution < -0.4 is 5.32 Å². The van der Waals surface area contributed by atoms with Crippen LogP contribution in [0.5, 0.6) is 0 Å². The van der Waals surface area contributed by atoms with Crippen LogP contribution in [-0.2, 0) is 25.8 Å². The van der Waals surface area contributed by atoms with Crippen molar-refractivity contribution in [1.29, 1.82) is 0 Å². The number of thiophene rings is 1. The van der Waals surface area contributed by atoms with Crippen molar-refractivity contribution >= 4 is 17.2 Å². The van der Waals surface area contributed by atoms with Gasteiger partial charge in [0.2, 0.25) is 0 Å². The number of nitrogens with one attached hydrogen (secondary N) is 1. The molecule has 0 fully saturated rings. The van der Waals surface area contributed by atoms with Crippen LogP contribution in [0.3, 0.4) is 0 Å². The van der Waals surface area contributed by atoms with Gasteiger partial charge in [0.1, 0.15) is 0 Å². The molecule has 4 nitrogen and oxygen atoms in total. The fraction of sp³-hybridized carbons (Fsp3) is 0.263. The molecule has 0 unspecified atom stereocenters. The summed E-state index contributed by atoms with van der Waals surface area (Å²) >= 11 is 1.73. The molecule has 5 heteroatoms. The number of carbonyl (C=O) groups is 1. The van der Waals surface area contributed by atoms with E-state index < -0.39 is 0 Å². The third kappa shape index (κ3) is 2.65. The van der Waals surface area contributed by atoms with E-state index in [9.17, 15) is 4.79 Å². The highest BCUT2D eigenvalue weighted by atomic mass is 32.1. The lowest BCUT2D eigenvalue weighted by atomic mass is 9.95. The predicted octanol–water partition coefficient (Wildman–Crippen LogP) is 3.99. The second-order valence-corrected chi connectivity index (χ2v) is 6.95. The molecule has 2 aromatic heterocycles. The van der Waals surface area contributed by atoms with E-state index in [0.29, 0.717) is 12.2 Å². The van der Waals surface area contributed by atoms with Crippen molar-refractivity contribution in [1.82, 2.24) is 10.5 Å². The molecule has 122 valence electrons. The number of hydrogen-bond acceptors (Lipinski definition) is 4. The summed E-state index contributed by atoms with van der Waals surface area (Å²) in [5.41, 5.74) is 4.81. The molecule has 1 N–H and O–H groups in total. The van der Waals surface area contributed by atoms with Gasteiger partial charge in [-0.3, -0.25) is 4.79 Å². The molecule has 1 aromatic carbocycles. The first-order chi connectivity index (χ1) is 11.8. The maximum absolute atomic E-state index is 12.5. The normalized spacial score (nSPS) is 12.5. The summed E-state index contributed by atoms with van der Waals surface area (Å²) in [6.07, 6.45) is 2.77. The molecular formula is C19H18N2O2S. The summed E-state index contributed by atoms with van der Waals surface area (Å²) in [6, 6.07) is 10.3. The van der Waals surface area contributed by atoms with Crippen LogP contribution in [0.2, 0.25) is 0 Å². The maximum atomic E-state index is 12.5. The smallest absolute Gasteiger partial charge is 0.274 e. The summed E-state index contributed by atoms with van der Waals surface area (Å²) < 4.78 is 5.47. The third-order valence-electron chi connectivity index (χ3n) is 4.48. The Kier molecular flexibility index (Phi) is 3.94. The predicted molar refractivity (Wildman–Crippen MR) is 94.2 cm³/mol. The van der Waals surface area contributed by atoms with Crippen molar-refractivity contribution in [2.45, 2.75) is 32.7 Å². The van der Waals surface area contributed by atoms with Crippen molar-refractivity contribution < 1.29 is 9.32 Å². The van der Waals surface area contributed by atoms with Crippen molar-refractivity contribution in [2.75, 3.05) is 0 Å². The molecular weight excluding hydrogens is 320 g/mol. The van der Waals surface area contributed by atoms with Crippen LogP contribution >= 0.6 is 11.3 Å². The molecule has 0 saturated heterocycles. The van der Waals surface area contributed by atoms with Gasteiger partial charge >= 0.3 is 0 Å². The largest absolute Gasteiger partial charge is 0.355 e. The summed E-state index contributed by atoms with van der Waals surface area (Å²) in [7, 11) is 0. The van der Waals surface area contributed by atoms with Crippen LogP contribution in [0.15, 0.2) is 40.2 Å². The first-order valence-electron chi connectivity index (χ1n) is 8.17. The Bertz CT molecular complexity index is 877. The quantitative estimate of drug-likeness (QED) is 0.782. The molecule has 1 aliphatic rings. The molecule has 1 aliphatic carbocycles. The monoisotopic (exact) mass is 338 g/mol. The molecule has 0 saturated carbocycles. The van der Waals surface area contributed by atoms with Gasteiger partial charge in [0.25, 0.3) is 5.91 Å². The summed E-state index contributed by atoms with van der Waals surface area (Å²) in [4.78, 5) is 13.8. The Labute approximate surface area is 144 Å². The number of benzene rings is 1. The van der Waals surface area contributed by atoms with E-state index in [-0.39, 0.29) is 5.91 Å². The second-order valence-electron chi connectivity index (χ2n) is 5.95. The van der Waals surface area contributed by atoms with Gasteiger partial charge < -0.3 is 9.84 Å². The SMILES string of the molecule is CCc1ccc(CNC(=O)c2noc3c2CCc2sccc2-3)cc1. The summed E-state index contributed by atoms with van der Waals surface area (Å²) in [6.45, 7) is 2.62.